The van der Waals surface area contributed by atoms with Gasteiger partial charge in [-0.25, -0.2) is 4.98 Å². The first-order valence-electron chi connectivity index (χ1n) is 7.52. The van der Waals surface area contributed by atoms with Gasteiger partial charge in [0, 0.05) is 26.3 Å². The summed E-state index contributed by atoms with van der Waals surface area (Å²) in [4.78, 5) is 7.04. The van der Waals surface area contributed by atoms with Crippen LogP contribution in [0.15, 0.2) is 6.20 Å². The van der Waals surface area contributed by atoms with Crippen LogP contribution in [-0.4, -0.2) is 36.2 Å². The quantitative estimate of drug-likeness (QED) is 0.886. The number of anilines is 1. The van der Waals surface area contributed by atoms with Crippen LogP contribution in [0.3, 0.4) is 0 Å². The Kier molecular flexibility index (Phi) is 4.86. The molecule has 0 amide bonds. The highest BCUT2D eigenvalue weighted by Crippen LogP contribution is 2.19. The van der Waals surface area contributed by atoms with Gasteiger partial charge in [-0.2, -0.15) is 0 Å². The van der Waals surface area contributed by atoms with E-state index in [1.54, 1.807) is 0 Å². The monoisotopic (exact) mass is 264 g/mol. The van der Waals surface area contributed by atoms with Crippen molar-refractivity contribution >= 4 is 5.95 Å². The summed E-state index contributed by atoms with van der Waals surface area (Å²) in [6, 6.07) is 0. The van der Waals surface area contributed by atoms with E-state index in [1.165, 1.54) is 12.8 Å². The van der Waals surface area contributed by atoms with E-state index in [0.717, 1.165) is 43.7 Å². The molecule has 0 aliphatic carbocycles. The van der Waals surface area contributed by atoms with E-state index in [4.69, 9.17) is 4.98 Å². The molecule has 1 fully saturated rings. The Balaban J connectivity index is 2.02. The summed E-state index contributed by atoms with van der Waals surface area (Å²) >= 11 is 0. The SMILES string of the molecule is Cc1cn(CC(C)C)c(N(C)CC2CCNCC2)n1. The molecule has 0 bridgehead atoms. The molecule has 1 aliphatic rings. The highest BCUT2D eigenvalue weighted by atomic mass is 15.3. The average Bonchev–Trinajstić information content (AvgIpc) is 2.70. The van der Waals surface area contributed by atoms with Crippen molar-refractivity contribution in [1.29, 1.82) is 0 Å². The summed E-state index contributed by atoms with van der Waals surface area (Å²) in [6.07, 6.45) is 4.75. The Hall–Kier alpha value is -1.03. The molecule has 1 aromatic heterocycles. The van der Waals surface area contributed by atoms with Gasteiger partial charge in [-0.15, -0.1) is 0 Å². The third kappa shape index (κ3) is 3.96. The fourth-order valence-corrected chi connectivity index (χ4v) is 2.90. The first-order chi connectivity index (χ1) is 9.06. The molecule has 0 atom stereocenters. The van der Waals surface area contributed by atoms with Crippen LogP contribution in [0.2, 0.25) is 0 Å². The molecule has 1 aromatic rings. The van der Waals surface area contributed by atoms with Gasteiger partial charge in [-0.05, 0) is 44.7 Å². The molecule has 1 saturated heterocycles. The number of rotatable bonds is 5. The van der Waals surface area contributed by atoms with Gasteiger partial charge in [0.25, 0.3) is 0 Å². The van der Waals surface area contributed by atoms with Crippen LogP contribution in [0.25, 0.3) is 0 Å². The van der Waals surface area contributed by atoms with Crippen LogP contribution in [0.5, 0.6) is 0 Å². The largest absolute Gasteiger partial charge is 0.345 e. The van der Waals surface area contributed by atoms with E-state index >= 15 is 0 Å². The molecule has 0 spiro atoms. The van der Waals surface area contributed by atoms with Gasteiger partial charge in [0.15, 0.2) is 0 Å². The van der Waals surface area contributed by atoms with Crippen LogP contribution in [0.4, 0.5) is 5.95 Å². The van der Waals surface area contributed by atoms with E-state index in [9.17, 15) is 0 Å². The highest BCUT2D eigenvalue weighted by Gasteiger charge is 2.18. The van der Waals surface area contributed by atoms with Crippen LogP contribution in [0.1, 0.15) is 32.4 Å². The summed E-state index contributed by atoms with van der Waals surface area (Å²) < 4.78 is 2.31. The van der Waals surface area contributed by atoms with Gasteiger partial charge in [-0.1, -0.05) is 13.8 Å². The highest BCUT2D eigenvalue weighted by molar-refractivity contribution is 5.32. The summed E-state index contributed by atoms with van der Waals surface area (Å²) in [7, 11) is 2.18. The van der Waals surface area contributed by atoms with Gasteiger partial charge < -0.3 is 14.8 Å². The third-order valence-electron chi connectivity index (χ3n) is 3.77. The number of hydrogen-bond acceptors (Lipinski definition) is 3. The molecule has 0 unspecified atom stereocenters. The van der Waals surface area contributed by atoms with E-state index < -0.39 is 0 Å². The topological polar surface area (TPSA) is 33.1 Å². The predicted octanol–water partition coefficient (Wildman–Crippen LogP) is 2.28. The number of aryl methyl sites for hydroxylation is 1. The number of piperidine rings is 1. The second kappa shape index (κ2) is 6.42. The lowest BCUT2D eigenvalue weighted by Gasteiger charge is -2.28. The number of nitrogens with zero attached hydrogens (tertiary/aromatic N) is 3. The molecule has 0 aromatic carbocycles. The Labute approximate surface area is 117 Å². The fraction of sp³-hybridized carbons (Fsp3) is 0.800. The zero-order valence-electron chi connectivity index (χ0n) is 12.8. The third-order valence-corrected chi connectivity index (χ3v) is 3.77. The van der Waals surface area contributed by atoms with Gasteiger partial charge in [0.2, 0.25) is 5.95 Å². The second-order valence-corrected chi connectivity index (χ2v) is 6.30. The molecule has 0 radical (unpaired) electrons. The maximum Gasteiger partial charge on any atom is 0.205 e. The minimum atomic E-state index is 0.652. The molecule has 4 nitrogen and oxygen atoms in total. The van der Waals surface area contributed by atoms with Gasteiger partial charge in [0.1, 0.15) is 0 Å². The smallest absolute Gasteiger partial charge is 0.205 e. The van der Waals surface area contributed by atoms with Gasteiger partial charge >= 0.3 is 0 Å². The van der Waals surface area contributed by atoms with Crippen molar-refractivity contribution in [3.63, 3.8) is 0 Å². The number of hydrogen-bond donors (Lipinski definition) is 1. The molecule has 0 saturated carbocycles. The first kappa shape index (κ1) is 14.4. The van der Waals surface area contributed by atoms with Crippen molar-refractivity contribution in [1.82, 2.24) is 14.9 Å². The fourth-order valence-electron chi connectivity index (χ4n) is 2.90. The summed E-state index contributed by atoms with van der Waals surface area (Å²) in [5, 5.41) is 3.43. The lowest BCUT2D eigenvalue weighted by Crippen LogP contribution is -2.35. The van der Waals surface area contributed by atoms with Gasteiger partial charge in [0.05, 0.1) is 5.69 Å². The zero-order chi connectivity index (χ0) is 13.8. The van der Waals surface area contributed by atoms with Crippen molar-refractivity contribution in [2.45, 2.75) is 40.2 Å². The van der Waals surface area contributed by atoms with E-state index in [2.05, 4.69) is 48.8 Å². The van der Waals surface area contributed by atoms with Crippen molar-refractivity contribution < 1.29 is 0 Å². The van der Waals surface area contributed by atoms with E-state index in [1.807, 2.05) is 0 Å². The Morgan fingerprint density at radius 3 is 2.74 bits per heavy atom. The average molecular weight is 264 g/mol. The maximum atomic E-state index is 4.70. The van der Waals surface area contributed by atoms with Crippen molar-refractivity contribution in [3.8, 4) is 0 Å². The first-order valence-corrected chi connectivity index (χ1v) is 7.52. The summed E-state index contributed by atoms with van der Waals surface area (Å²) in [5.74, 6) is 2.58. The molecule has 108 valence electrons. The number of nitrogens with one attached hydrogen (secondary N) is 1. The standard InChI is InChI=1S/C15H28N4/c1-12(2)9-19-10-13(3)17-15(19)18(4)11-14-5-7-16-8-6-14/h10,12,14,16H,5-9,11H2,1-4H3. The molecule has 4 heteroatoms. The number of aromatic nitrogens is 2. The minimum absolute atomic E-state index is 0.652. The normalized spacial score (nSPS) is 17.1. The van der Waals surface area contributed by atoms with Gasteiger partial charge in [-0.3, -0.25) is 0 Å². The molecule has 1 N–H and O–H groups in total. The summed E-state index contributed by atoms with van der Waals surface area (Å²) in [5.41, 5.74) is 1.12. The second-order valence-electron chi connectivity index (χ2n) is 6.30. The molecule has 19 heavy (non-hydrogen) atoms. The Morgan fingerprint density at radius 2 is 2.11 bits per heavy atom. The molecule has 2 rings (SSSR count). The zero-order valence-corrected chi connectivity index (χ0v) is 12.8. The lowest BCUT2D eigenvalue weighted by molar-refractivity contribution is 0.375. The molecule has 2 heterocycles. The van der Waals surface area contributed by atoms with Crippen LogP contribution < -0.4 is 10.2 Å². The molecule has 1 aliphatic heterocycles. The van der Waals surface area contributed by atoms with Crippen LogP contribution in [0, 0.1) is 18.8 Å². The maximum absolute atomic E-state index is 4.70. The minimum Gasteiger partial charge on any atom is -0.345 e. The Bertz CT molecular complexity index is 391. The van der Waals surface area contributed by atoms with Crippen molar-refractivity contribution in [3.05, 3.63) is 11.9 Å². The van der Waals surface area contributed by atoms with Crippen molar-refractivity contribution in [2.75, 3.05) is 31.6 Å². The number of imidazole rings is 1. The van der Waals surface area contributed by atoms with E-state index in [0.29, 0.717) is 5.92 Å². The molecular formula is C15H28N4. The Morgan fingerprint density at radius 1 is 1.42 bits per heavy atom. The predicted molar refractivity (Wildman–Crippen MR) is 80.7 cm³/mol. The van der Waals surface area contributed by atoms with E-state index in [-0.39, 0.29) is 0 Å². The molecular weight excluding hydrogens is 236 g/mol. The van der Waals surface area contributed by atoms with Crippen LogP contribution in [-0.2, 0) is 6.54 Å². The summed E-state index contributed by atoms with van der Waals surface area (Å²) in [6.45, 7) is 11.1. The van der Waals surface area contributed by atoms with Crippen molar-refractivity contribution in [2.24, 2.45) is 11.8 Å². The lowest BCUT2D eigenvalue weighted by atomic mass is 9.98. The van der Waals surface area contributed by atoms with Crippen LogP contribution >= 0.6 is 0 Å².